The molecule has 0 aromatic heterocycles. The normalized spacial score (nSPS) is 18.5. The van der Waals surface area contributed by atoms with Gasteiger partial charge in [-0.15, -0.1) is 0 Å². The number of nitrogens with zero attached hydrogens (tertiary/aromatic N) is 2. The minimum atomic E-state index is -0.226. The Balaban J connectivity index is 1.72. The molecule has 1 saturated carbocycles. The van der Waals surface area contributed by atoms with Crippen LogP contribution in [0.2, 0.25) is 0 Å². The fourth-order valence-corrected chi connectivity index (χ4v) is 2.77. The third-order valence-electron chi connectivity index (χ3n) is 4.38. The Morgan fingerprint density at radius 1 is 1.21 bits per heavy atom. The Hall–Kier alpha value is -1.89. The topological polar surface area (TPSA) is 97.6 Å². The molecule has 0 bridgehead atoms. The second-order valence-corrected chi connectivity index (χ2v) is 6.58. The van der Waals surface area contributed by atoms with E-state index in [9.17, 15) is 9.59 Å². The summed E-state index contributed by atoms with van der Waals surface area (Å²) in [7, 11) is 1.72. The zero-order chi connectivity index (χ0) is 17.7. The average molecular weight is 355 g/mol. The van der Waals surface area contributed by atoms with Gasteiger partial charge in [-0.2, -0.15) is 0 Å². The maximum absolute atomic E-state index is 12.1. The van der Waals surface area contributed by atoms with Crippen LogP contribution in [-0.2, 0) is 14.3 Å². The summed E-state index contributed by atoms with van der Waals surface area (Å²) in [4.78, 5) is 27.7. The lowest BCUT2D eigenvalue weighted by Crippen LogP contribution is -2.48. The van der Waals surface area contributed by atoms with Crippen LogP contribution >= 0.6 is 11.6 Å². The van der Waals surface area contributed by atoms with Crippen LogP contribution in [0.1, 0.15) is 25.7 Å². The van der Waals surface area contributed by atoms with Crippen LogP contribution in [0.25, 0.3) is 0 Å². The number of likely N-dealkylation sites (N-methyl/N-ethyl adjacent to an activating group) is 1. The highest BCUT2D eigenvalue weighted by Gasteiger charge is 2.35. The molecule has 0 spiro atoms. The molecule has 0 radical (unpaired) electrons. The molecule has 0 aromatic rings. The predicted molar refractivity (Wildman–Crippen MR) is 91.5 cm³/mol. The Morgan fingerprint density at radius 2 is 1.83 bits per heavy atom. The van der Waals surface area contributed by atoms with E-state index in [0.29, 0.717) is 13.1 Å². The van der Waals surface area contributed by atoms with Crippen LogP contribution in [0.4, 0.5) is 0 Å². The first kappa shape index (κ1) is 18.4. The maximum atomic E-state index is 12.1. The van der Waals surface area contributed by atoms with Crippen molar-refractivity contribution in [2.75, 3.05) is 26.7 Å². The molecule has 2 amide bonds. The second-order valence-electron chi connectivity index (χ2n) is 6.17. The summed E-state index contributed by atoms with van der Waals surface area (Å²) >= 11 is 5.34. The van der Waals surface area contributed by atoms with Gasteiger partial charge >= 0.3 is 0 Å². The molecule has 1 saturated heterocycles. The van der Waals surface area contributed by atoms with Gasteiger partial charge in [0.25, 0.3) is 5.91 Å². The van der Waals surface area contributed by atoms with Gasteiger partial charge in [-0.05, 0) is 31.8 Å². The number of amides is 2. The van der Waals surface area contributed by atoms with Crippen molar-refractivity contribution >= 4 is 34.5 Å². The number of carbonyl (C=O) groups excluding carboxylic acids is 2. The van der Waals surface area contributed by atoms with E-state index < -0.39 is 0 Å². The highest BCUT2D eigenvalue weighted by atomic mass is 35.5. The van der Waals surface area contributed by atoms with Crippen molar-refractivity contribution in [1.82, 2.24) is 9.80 Å². The first-order valence-electron chi connectivity index (χ1n) is 8.06. The summed E-state index contributed by atoms with van der Waals surface area (Å²) in [6.45, 7) is 1.15. The lowest BCUT2D eigenvalue weighted by Gasteiger charge is -2.36. The van der Waals surface area contributed by atoms with E-state index in [1.54, 1.807) is 11.9 Å². The van der Waals surface area contributed by atoms with E-state index >= 15 is 0 Å². The quantitative estimate of drug-likeness (QED) is 0.560. The van der Waals surface area contributed by atoms with E-state index in [0.717, 1.165) is 25.7 Å². The second kappa shape index (κ2) is 8.28. The molecular formula is C16H23ClN4O3. The Bertz CT molecular complexity index is 552. The standard InChI is InChI=1S/C16H23ClN4O3/c1-20(15(22)10-24-14(19)5-4-13(17)18)12-6-8-21(9-7-12)16(23)11-2-3-11/h4-5,11-12,18-19H,2-3,6-10H2,1H3. The zero-order valence-corrected chi connectivity index (χ0v) is 14.5. The molecule has 7 nitrogen and oxygen atoms in total. The third kappa shape index (κ3) is 5.33. The van der Waals surface area contributed by atoms with Crippen LogP contribution in [0.5, 0.6) is 0 Å². The highest BCUT2D eigenvalue weighted by molar-refractivity contribution is 6.67. The van der Waals surface area contributed by atoms with Gasteiger partial charge in [0.2, 0.25) is 11.8 Å². The van der Waals surface area contributed by atoms with Crippen molar-refractivity contribution in [3.63, 3.8) is 0 Å². The predicted octanol–water partition coefficient (Wildman–Crippen LogP) is 1.61. The summed E-state index contributed by atoms with van der Waals surface area (Å²) < 4.78 is 5.05. The molecule has 0 aromatic carbocycles. The number of ether oxygens (including phenoxy) is 1. The fourth-order valence-electron chi connectivity index (χ4n) is 2.70. The lowest BCUT2D eigenvalue weighted by molar-refractivity contribution is -0.137. The highest BCUT2D eigenvalue weighted by Crippen LogP contribution is 2.32. The number of carbonyl (C=O) groups is 2. The van der Waals surface area contributed by atoms with Crippen LogP contribution in [0.15, 0.2) is 12.2 Å². The summed E-state index contributed by atoms with van der Waals surface area (Å²) in [5.41, 5.74) is 0. The number of piperidine rings is 1. The molecule has 2 aliphatic rings. The van der Waals surface area contributed by atoms with Crippen molar-refractivity contribution in [3.05, 3.63) is 12.2 Å². The van der Waals surface area contributed by atoms with Crippen LogP contribution < -0.4 is 0 Å². The lowest BCUT2D eigenvalue weighted by atomic mass is 10.0. The number of hydrogen-bond acceptors (Lipinski definition) is 5. The first-order chi connectivity index (χ1) is 11.4. The van der Waals surface area contributed by atoms with Crippen LogP contribution in [-0.4, -0.2) is 65.5 Å². The molecule has 132 valence electrons. The molecule has 2 N–H and O–H groups in total. The van der Waals surface area contributed by atoms with Crippen molar-refractivity contribution < 1.29 is 14.3 Å². The fraction of sp³-hybridized carbons (Fsp3) is 0.625. The SMILES string of the molecule is CN(C(=O)COC(=N)C=CC(=N)Cl)C1CCN(C(=O)C2CC2)CC1. The number of likely N-dealkylation sites (tertiary alicyclic amines) is 1. The van der Waals surface area contributed by atoms with E-state index in [1.165, 1.54) is 12.2 Å². The molecule has 2 fully saturated rings. The number of rotatable bonds is 6. The van der Waals surface area contributed by atoms with Gasteiger partial charge in [-0.1, -0.05) is 11.6 Å². The van der Waals surface area contributed by atoms with Crippen molar-refractivity contribution in [2.24, 2.45) is 5.92 Å². The van der Waals surface area contributed by atoms with Gasteiger partial charge in [0, 0.05) is 38.2 Å². The number of halogens is 1. The molecule has 1 aliphatic carbocycles. The largest absolute Gasteiger partial charge is 0.468 e. The molecule has 0 unspecified atom stereocenters. The number of hydrogen-bond donors (Lipinski definition) is 2. The van der Waals surface area contributed by atoms with Crippen LogP contribution in [0.3, 0.4) is 0 Å². The van der Waals surface area contributed by atoms with Crippen molar-refractivity contribution in [3.8, 4) is 0 Å². The molecule has 2 rings (SSSR count). The van der Waals surface area contributed by atoms with Gasteiger partial charge in [0.1, 0.15) is 5.17 Å². The van der Waals surface area contributed by atoms with E-state index in [1.807, 2.05) is 4.90 Å². The minimum absolute atomic E-state index is 0.0881. The van der Waals surface area contributed by atoms with Crippen LogP contribution in [0, 0.1) is 16.7 Å². The van der Waals surface area contributed by atoms with Gasteiger partial charge in [0.05, 0.1) is 0 Å². The smallest absolute Gasteiger partial charge is 0.260 e. The first-order valence-corrected chi connectivity index (χ1v) is 8.44. The molecular weight excluding hydrogens is 332 g/mol. The Kier molecular flexibility index (Phi) is 6.36. The maximum Gasteiger partial charge on any atom is 0.260 e. The number of allylic oxidation sites excluding steroid dienone is 1. The third-order valence-corrected chi connectivity index (χ3v) is 4.50. The molecule has 0 atom stereocenters. The summed E-state index contributed by atoms with van der Waals surface area (Å²) in [6.07, 6.45) is 5.99. The van der Waals surface area contributed by atoms with E-state index in [2.05, 4.69) is 0 Å². The average Bonchev–Trinajstić information content (AvgIpc) is 3.41. The molecule has 24 heavy (non-hydrogen) atoms. The van der Waals surface area contributed by atoms with Gasteiger partial charge in [-0.3, -0.25) is 20.4 Å². The zero-order valence-electron chi connectivity index (χ0n) is 13.8. The summed E-state index contributed by atoms with van der Waals surface area (Å²) in [5, 5.41) is 14.3. The van der Waals surface area contributed by atoms with Gasteiger partial charge in [-0.25, -0.2) is 0 Å². The molecule has 8 heteroatoms. The minimum Gasteiger partial charge on any atom is -0.468 e. The van der Waals surface area contributed by atoms with E-state index in [4.69, 9.17) is 27.2 Å². The summed E-state index contributed by atoms with van der Waals surface area (Å²) in [5.74, 6) is 0.0757. The molecule has 1 heterocycles. The number of nitrogens with one attached hydrogen (secondary N) is 2. The monoisotopic (exact) mass is 354 g/mol. The van der Waals surface area contributed by atoms with Gasteiger partial charge in [0.15, 0.2) is 6.61 Å². The van der Waals surface area contributed by atoms with Crippen molar-refractivity contribution in [2.45, 2.75) is 31.7 Å². The molecule has 1 aliphatic heterocycles. The van der Waals surface area contributed by atoms with Gasteiger partial charge < -0.3 is 14.5 Å². The van der Waals surface area contributed by atoms with Crippen molar-refractivity contribution in [1.29, 1.82) is 10.8 Å². The Morgan fingerprint density at radius 3 is 2.38 bits per heavy atom. The Labute approximate surface area is 146 Å². The summed E-state index contributed by atoms with van der Waals surface area (Å²) in [6, 6.07) is 0.0881. The van der Waals surface area contributed by atoms with E-state index in [-0.39, 0.29) is 41.4 Å².